The van der Waals surface area contributed by atoms with Gasteiger partial charge in [0.1, 0.15) is 5.75 Å². The molecular weight excluding hydrogens is 363 g/mol. The molecule has 0 spiro atoms. The second-order valence-corrected chi connectivity index (χ2v) is 6.67. The molecule has 0 aliphatic carbocycles. The number of para-hydroxylation sites is 1. The van der Waals surface area contributed by atoms with Crippen LogP contribution in [-0.2, 0) is 9.59 Å². The molecule has 0 bridgehead atoms. The van der Waals surface area contributed by atoms with Gasteiger partial charge in [-0.1, -0.05) is 12.1 Å². The molecule has 28 heavy (non-hydrogen) atoms. The molecule has 148 valence electrons. The minimum absolute atomic E-state index is 0.0770. The van der Waals surface area contributed by atoms with Gasteiger partial charge in [-0.3, -0.25) is 9.59 Å². The van der Waals surface area contributed by atoms with Crippen LogP contribution in [0.15, 0.2) is 48.5 Å². The van der Waals surface area contributed by atoms with Gasteiger partial charge in [0, 0.05) is 31.1 Å². The standard InChI is InChI=1S/C21H23FN2O4/c22-18-3-1-2-4-19(18)28-17-7-5-16(6-8-17)23-21(27)15-9-12-24(13-10-15)20(26)11-14-25/h1-8,15,25H,9-14H2,(H,23,27). The molecule has 1 heterocycles. The summed E-state index contributed by atoms with van der Waals surface area (Å²) in [6, 6.07) is 12.9. The molecule has 1 saturated heterocycles. The minimum atomic E-state index is -0.441. The van der Waals surface area contributed by atoms with Crippen molar-refractivity contribution in [2.45, 2.75) is 19.3 Å². The van der Waals surface area contributed by atoms with Gasteiger partial charge in [-0.25, -0.2) is 4.39 Å². The van der Waals surface area contributed by atoms with E-state index in [1.54, 1.807) is 47.4 Å². The Labute approximate surface area is 162 Å². The SMILES string of the molecule is O=C(Nc1ccc(Oc2ccccc2F)cc1)C1CCN(C(=O)CCO)CC1. The average Bonchev–Trinajstić information content (AvgIpc) is 2.71. The van der Waals surface area contributed by atoms with Crippen molar-refractivity contribution < 1.29 is 23.8 Å². The zero-order chi connectivity index (χ0) is 19.9. The summed E-state index contributed by atoms with van der Waals surface area (Å²) in [5, 5.41) is 11.7. The molecule has 2 N–H and O–H groups in total. The van der Waals surface area contributed by atoms with Gasteiger partial charge in [0.15, 0.2) is 11.6 Å². The minimum Gasteiger partial charge on any atom is -0.454 e. The van der Waals surface area contributed by atoms with Gasteiger partial charge in [0.25, 0.3) is 0 Å². The molecule has 2 aromatic rings. The van der Waals surface area contributed by atoms with Crippen molar-refractivity contribution >= 4 is 17.5 Å². The molecular formula is C21H23FN2O4. The number of carbonyl (C=O) groups is 2. The number of hydrogen-bond acceptors (Lipinski definition) is 4. The van der Waals surface area contributed by atoms with Crippen molar-refractivity contribution in [2.75, 3.05) is 25.0 Å². The third-order valence-corrected chi connectivity index (χ3v) is 4.73. The summed E-state index contributed by atoms with van der Waals surface area (Å²) in [5.41, 5.74) is 0.629. The quantitative estimate of drug-likeness (QED) is 0.799. The molecule has 2 aromatic carbocycles. The van der Waals surface area contributed by atoms with Crippen molar-refractivity contribution in [3.63, 3.8) is 0 Å². The van der Waals surface area contributed by atoms with E-state index in [0.29, 0.717) is 37.4 Å². The molecule has 0 aromatic heterocycles. The van der Waals surface area contributed by atoms with Crippen molar-refractivity contribution in [3.05, 3.63) is 54.3 Å². The second kappa shape index (κ2) is 9.32. The Balaban J connectivity index is 1.51. The van der Waals surface area contributed by atoms with Gasteiger partial charge in [0.2, 0.25) is 11.8 Å². The normalized spacial score (nSPS) is 14.6. The summed E-state index contributed by atoms with van der Waals surface area (Å²) in [5.74, 6) is -0.152. The number of piperidine rings is 1. The Morgan fingerprint density at radius 2 is 1.79 bits per heavy atom. The lowest BCUT2D eigenvalue weighted by Crippen LogP contribution is -2.41. The smallest absolute Gasteiger partial charge is 0.227 e. The van der Waals surface area contributed by atoms with E-state index in [2.05, 4.69) is 5.32 Å². The Morgan fingerprint density at radius 1 is 1.11 bits per heavy atom. The number of halogens is 1. The van der Waals surface area contributed by atoms with Crippen LogP contribution in [0.2, 0.25) is 0 Å². The highest BCUT2D eigenvalue weighted by Gasteiger charge is 2.27. The monoisotopic (exact) mass is 386 g/mol. The van der Waals surface area contributed by atoms with Crippen molar-refractivity contribution in [1.82, 2.24) is 4.90 Å². The van der Waals surface area contributed by atoms with Crippen LogP contribution in [0.5, 0.6) is 11.5 Å². The highest BCUT2D eigenvalue weighted by Crippen LogP contribution is 2.26. The van der Waals surface area contributed by atoms with Crippen LogP contribution >= 0.6 is 0 Å². The van der Waals surface area contributed by atoms with E-state index in [1.807, 2.05) is 0 Å². The Bertz CT molecular complexity index is 817. The number of anilines is 1. The molecule has 0 unspecified atom stereocenters. The van der Waals surface area contributed by atoms with Crippen LogP contribution in [0.4, 0.5) is 10.1 Å². The maximum atomic E-state index is 13.6. The summed E-state index contributed by atoms with van der Waals surface area (Å²) in [6.07, 6.45) is 1.31. The molecule has 0 atom stereocenters. The van der Waals surface area contributed by atoms with E-state index >= 15 is 0 Å². The average molecular weight is 386 g/mol. The van der Waals surface area contributed by atoms with Gasteiger partial charge in [-0.05, 0) is 49.2 Å². The molecule has 3 rings (SSSR count). The van der Waals surface area contributed by atoms with Crippen LogP contribution < -0.4 is 10.1 Å². The van der Waals surface area contributed by atoms with E-state index in [-0.39, 0.29) is 36.5 Å². The summed E-state index contributed by atoms with van der Waals surface area (Å²) in [7, 11) is 0. The molecule has 6 nitrogen and oxygen atoms in total. The Kier molecular flexibility index (Phi) is 6.60. The van der Waals surface area contributed by atoms with Gasteiger partial charge in [-0.15, -0.1) is 0 Å². The summed E-state index contributed by atoms with van der Waals surface area (Å²) >= 11 is 0. The predicted molar refractivity (Wildman–Crippen MR) is 103 cm³/mol. The number of ether oxygens (including phenoxy) is 1. The van der Waals surface area contributed by atoms with Crippen molar-refractivity contribution in [1.29, 1.82) is 0 Å². The first-order valence-corrected chi connectivity index (χ1v) is 9.29. The van der Waals surface area contributed by atoms with Crippen LogP contribution in [-0.4, -0.2) is 41.5 Å². The highest BCUT2D eigenvalue weighted by atomic mass is 19.1. The zero-order valence-electron chi connectivity index (χ0n) is 15.4. The summed E-state index contributed by atoms with van der Waals surface area (Å²) in [4.78, 5) is 25.9. The van der Waals surface area contributed by atoms with Gasteiger partial charge < -0.3 is 20.1 Å². The Hall–Kier alpha value is -2.93. The van der Waals surface area contributed by atoms with Gasteiger partial charge in [-0.2, -0.15) is 0 Å². The topological polar surface area (TPSA) is 78.9 Å². The number of benzene rings is 2. The van der Waals surface area contributed by atoms with Crippen LogP contribution in [0.25, 0.3) is 0 Å². The first-order valence-electron chi connectivity index (χ1n) is 9.29. The molecule has 0 saturated carbocycles. The van der Waals surface area contributed by atoms with E-state index < -0.39 is 5.82 Å². The molecule has 1 aliphatic heterocycles. The van der Waals surface area contributed by atoms with Gasteiger partial charge >= 0.3 is 0 Å². The highest BCUT2D eigenvalue weighted by molar-refractivity contribution is 5.92. The molecule has 0 radical (unpaired) electrons. The van der Waals surface area contributed by atoms with Crippen molar-refractivity contribution in [3.8, 4) is 11.5 Å². The fourth-order valence-electron chi connectivity index (χ4n) is 3.15. The number of aliphatic hydroxyl groups is 1. The first kappa shape index (κ1) is 19.8. The van der Waals surface area contributed by atoms with E-state index in [0.717, 1.165) is 0 Å². The number of carbonyl (C=O) groups excluding carboxylic acids is 2. The van der Waals surface area contributed by atoms with Crippen LogP contribution in [0.3, 0.4) is 0 Å². The zero-order valence-corrected chi connectivity index (χ0v) is 15.4. The number of hydrogen-bond donors (Lipinski definition) is 2. The number of nitrogens with zero attached hydrogens (tertiary/aromatic N) is 1. The number of amides is 2. The fraction of sp³-hybridized carbons (Fsp3) is 0.333. The molecule has 1 aliphatic rings. The number of likely N-dealkylation sites (tertiary alicyclic amines) is 1. The van der Waals surface area contributed by atoms with Gasteiger partial charge in [0.05, 0.1) is 6.61 Å². The Morgan fingerprint density at radius 3 is 2.43 bits per heavy atom. The largest absolute Gasteiger partial charge is 0.454 e. The fourth-order valence-corrected chi connectivity index (χ4v) is 3.15. The predicted octanol–water partition coefficient (Wildman–Crippen LogP) is 3.18. The lowest BCUT2D eigenvalue weighted by Gasteiger charge is -2.31. The van der Waals surface area contributed by atoms with E-state index in [9.17, 15) is 14.0 Å². The molecule has 7 heteroatoms. The molecule has 1 fully saturated rings. The third kappa shape index (κ3) is 5.07. The van der Waals surface area contributed by atoms with Crippen LogP contribution in [0, 0.1) is 11.7 Å². The molecule has 2 amide bonds. The van der Waals surface area contributed by atoms with E-state index in [1.165, 1.54) is 6.07 Å². The lowest BCUT2D eigenvalue weighted by molar-refractivity contribution is -0.135. The summed E-state index contributed by atoms with van der Waals surface area (Å²) in [6.45, 7) is 0.883. The number of rotatable bonds is 6. The lowest BCUT2D eigenvalue weighted by atomic mass is 9.95. The summed E-state index contributed by atoms with van der Waals surface area (Å²) < 4.78 is 19.1. The number of nitrogens with one attached hydrogen (secondary N) is 1. The van der Waals surface area contributed by atoms with Crippen LogP contribution in [0.1, 0.15) is 19.3 Å². The maximum absolute atomic E-state index is 13.6. The number of aliphatic hydroxyl groups excluding tert-OH is 1. The third-order valence-electron chi connectivity index (χ3n) is 4.73. The van der Waals surface area contributed by atoms with E-state index in [4.69, 9.17) is 9.84 Å². The van der Waals surface area contributed by atoms with Crippen molar-refractivity contribution in [2.24, 2.45) is 5.92 Å². The maximum Gasteiger partial charge on any atom is 0.227 e. The second-order valence-electron chi connectivity index (χ2n) is 6.67. The first-order chi connectivity index (χ1) is 13.6.